The van der Waals surface area contributed by atoms with Crippen LogP contribution in [0.5, 0.6) is 0 Å². The van der Waals surface area contributed by atoms with Crippen LogP contribution in [0.1, 0.15) is 49.7 Å². The van der Waals surface area contributed by atoms with E-state index >= 15 is 0 Å². The fourth-order valence-corrected chi connectivity index (χ4v) is 5.29. The molecule has 0 unspecified atom stereocenters. The Bertz CT molecular complexity index is 689. The number of nitrogens with zero attached hydrogens (tertiary/aromatic N) is 3. The number of carbonyl (C=O) groups is 1. The van der Waals surface area contributed by atoms with Crippen molar-refractivity contribution >= 4 is 5.91 Å². The second-order valence-corrected chi connectivity index (χ2v) is 8.11. The third kappa shape index (κ3) is 3.18. The van der Waals surface area contributed by atoms with Gasteiger partial charge in [0.15, 0.2) is 0 Å². The number of rotatable bonds is 3. The van der Waals surface area contributed by atoms with Crippen molar-refractivity contribution in [2.75, 3.05) is 26.2 Å². The average Bonchev–Trinajstić information content (AvgIpc) is 3.37. The fraction of sp³-hybridized carbons (Fsp3) is 0.619. The molecular formula is C21H27N3O. The topological polar surface area (TPSA) is 47.3 Å². The summed E-state index contributed by atoms with van der Waals surface area (Å²) in [5.74, 6) is 0.671. The molecule has 132 valence electrons. The largest absolute Gasteiger partial charge is 0.342 e. The Morgan fingerprint density at radius 1 is 1.20 bits per heavy atom. The molecule has 2 atom stereocenters. The van der Waals surface area contributed by atoms with E-state index in [1.807, 2.05) is 18.2 Å². The Labute approximate surface area is 150 Å². The second kappa shape index (κ2) is 6.80. The minimum atomic E-state index is 0.201. The molecule has 0 aromatic heterocycles. The summed E-state index contributed by atoms with van der Waals surface area (Å²) in [4.78, 5) is 17.6. The molecule has 1 amide bonds. The summed E-state index contributed by atoms with van der Waals surface area (Å²) in [6, 6.07) is 10.1. The maximum atomic E-state index is 13.0. The zero-order valence-corrected chi connectivity index (χ0v) is 14.9. The lowest BCUT2D eigenvalue weighted by Gasteiger charge is -2.33. The van der Waals surface area contributed by atoms with Crippen LogP contribution in [0.15, 0.2) is 24.3 Å². The Morgan fingerprint density at radius 3 is 2.84 bits per heavy atom. The van der Waals surface area contributed by atoms with E-state index in [4.69, 9.17) is 5.26 Å². The van der Waals surface area contributed by atoms with Gasteiger partial charge in [0.05, 0.1) is 11.6 Å². The predicted molar refractivity (Wildman–Crippen MR) is 96.6 cm³/mol. The number of benzene rings is 1. The molecule has 1 aliphatic carbocycles. The summed E-state index contributed by atoms with van der Waals surface area (Å²) in [6.07, 6.45) is 6.97. The van der Waals surface area contributed by atoms with E-state index < -0.39 is 0 Å². The van der Waals surface area contributed by atoms with Crippen LogP contribution in [-0.4, -0.2) is 41.9 Å². The van der Waals surface area contributed by atoms with E-state index in [9.17, 15) is 4.79 Å². The first kappa shape index (κ1) is 16.6. The van der Waals surface area contributed by atoms with Gasteiger partial charge in [0.2, 0.25) is 5.91 Å². The quantitative estimate of drug-likeness (QED) is 0.851. The van der Waals surface area contributed by atoms with Gasteiger partial charge in [0.25, 0.3) is 0 Å². The summed E-state index contributed by atoms with van der Waals surface area (Å²) < 4.78 is 0. The zero-order chi connectivity index (χ0) is 17.3. The van der Waals surface area contributed by atoms with Crippen molar-refractivity contribution in [3.05, 3.63) is 35.4 Å². The molecule has 1 aromatic carbocycles. The molecule has 1 aromatic rings. The highest BCUT2D eigenvalue weighted by Crippen LogP contribution is 2.50. The lowest BCUT2D eigenvalue weighted by Crippen LogP contribution is -2.42. The third-order valence-corrected chi connectivity index (χ3v) is 6.55. The summed E-state index contributed by atoms with van der Waals surface area (Å²) >= 11 is 0. The van der Waals surface area contributed by atoms with Gasteiger partial charge in [0, 0.05) is 32.1 Å². The number of amides is 1. The van der Waals surface area contributed by atoms with Gasteiger partial charge in [-0.05, 0) is 61.8 Å². The SMILES string of the molecule is N#Cc1cccc(CN2CC[C@@]3(CCC[C@H]3C(=O)N3CCCC3)C2)c1. The summed E-state index contributed by atoms with van der Waals surface area (Å²) in [7, 11) is 0. The molecule has 3 fully saturated rings. The van der Waals surface area contributed by atoms with Crippen LogP contribution in [0.25, 0.3) is 0 Å². The van der Waals surface area contributed by atoms with Gasteiger partial charge in [-0.25, -0.2) is 0 Å². The van der Waals surface area contributed by atoms with E-state index in [2.05, 4.69) is 21.9 Å². The van der Waals surface area contributed by atoms with Crippen molar-refractivity contribution in [2.45, 2.75) is 45.1 Å². The van der Waals surface area contributed by atoms with Crippen molar-refractivity contribution in [1.29, 1.82) is 5.26 Å². The number of hydrogen-bond acceptors (Lipinski definition) is 3. The fourth-order valence-electron chi connectivity index (χ4n) is 5.29. The van der Waals surface area contributed by atoms with Crippen LogP contribution in [-0.2, 0) is 11.3 Å². The third-order valence-electron chi connectivity index (χ3n) is 6.55. The first-order valence-corrected chi connectivity index (χ1v) is 9.70. The maximum Gasteiger partial charge on any atom is 0.226 e. The molecule has 0 radical (unpaired) electrons. The van der Waals surface area contributed by atoms with Crippen LogP contribution in [0.2, 0.25) is 0 Å². The van der Waals surface area contributed by atoms with Gasteiger partial charge in [0.1, 0.15) is 0 Å². The molecule has 4 nitrogen and oxygen atoms in total. The van der Waals surface area contributed by atoms with Crippen molar-refractivity contribution in [3.8, 4) is 6.07 Å². The van der Waals surface area contributed by atoms with E-state index in [1.54, 1.807) is 0 Å². The molecule has 4 heteroatoms. The van der Waals surface area contributed by atoms with Gasteiger partial charge in [-0.2, -0.15) is 5.26 Å². The van der Waals surface area contributed by atoms with Crippen LogP contribution < -0.4 is 0 Å². The van der Waals surface area contributed by atoms with Gasteiger partial charge in [-0.15, -0.1) is 0 Å². The van der Waals surface area contributed by atoms with E-state index in [-0.39, 0.29) is 11.3 Å². The van der Waals surface area contributed by atoms with E-state index in [0.29, 0.717) is 5.91 Å². The van der Waals surface area contributed by atoms with Crippen LogP contribution >= 0.6 is 0 Å². The number of likely N-dealkylation sites (tertiary alicyclic amines) is 2. The highest BCUT2D eigenvalue weighted by atomic mass is 16.2. The Kier molecular flexibility index (Phi) is 4.52. The average molecular weight is 337 g/mol. The normalized spacial score (nSPS) is 29.4. The molecule has 2 heterocycles. The summed E-state index contributed by atoms with van der Waals surface area (Å²) in [5.41, 5.74) is 2.14. The van der Waals surface area contributed by atoms with Gasteiger partial charge in [-0.1, -0.05) is 18.6 Å². The smallest absolute Gasteiger partial charge is 0.226 e. The molecule has 1 spiro atoms. The molecule has 2 aliphatic heterocycles. The van der Waals surface area contributed by atoms with Crippen molar-refractivity contribution in [3.63, 3.8) is 0 Å². The Hall–Kier alpha value is -1.86. The van der Waals surface area contributed by atoms with Crippen molar-refractivity contribution < 1.29 is 4.79 Å². The molecule has 4 rings (SSSR count). The Morgan fingerprint density at radius 2 is 2.04 bits per heavy atom. The molecule has 0 bridgehead atoms. The zero-order valence-electron chi connectivity index (χ0n) is 14.9. The molecule has 1 saturated carbocycles. The summed E-state index contributed by atoms with van der Waals surface area (Å²) in [6.45, 7) is 4.93. The minimum absolute atomic E-state index is 0.201. The van der Waals surface area contributed by atoms with Crippen LogP contribution in [0, 0.1) is 22.7 Å². The summed E-state index contributed by atoms with van der Waals surface area (Å²) in [5, 5.41) is 9.08. The highest BCUT2D eigenvalue weighted by molar-refractivity contribution is 5.80. The molecular weight excluding hydrogens is 310 g/mol. The van der Waals surface area contributed by atoms with Gasteiger partial charge >= 0.3 is 0 Å². The minimum Gasteiger partial charge on any atom is -0.342 e. The van der Waals surface area contributed by atoms with E-state index in [1.165, 1.54) is 31.2 Å². The maximum absolute atomic E-state index is 13.0. The highest BCUT2D eigenvalue weighted by Gasteiger charge is 2.51. The lowest BCUT2D eigenvalue weighted by molar-refractivity contribution is -0.137. The molecule has 3 aliphatic rings. The molecule has 0 N–H and O–H groups in total. The van der Waals surface area contributed by atoms with Gasteiger partial charge < -0.3 is 4.90 Å². The first-order chi connectivity index (χ1) is 12.2. The standard InChI is InChI=1S/C21H27N3O/c22-14-17-5-3-6-18(13-17)15-23-12-9-21(16-23)8-4-7-19(21)20(25)24-10-1-2-11-24/h3,5-6,13,19H,1-2,4,7-12,15-16H2/t19-,21-/m0/s1. The van der Waals surface area contributed by atoms with Crippen LogP contribution in [0.4, 0.5) is 0 Å². The van der Waals surface area contributed by atoms with Crippen LogP contribution in [0.3, 0.4) is 0 Å². The number of hydrogen-bond donors (Lipinski definition) is 0. The number of nitriles is 1. The van der Waals surface area contributed by atoms with Crippen molar-refractivity contribution in [2.24, 2.45) is 11.3 Å². The second-order valence-electron chi connectivity index (χ2n) is 8.11. The first-order valence-electron chi connectivity index (χ1n) is 9.70. The lowest BCUT2D eigenvalue weighted by atomic mass is 9.76. The van der Waals surface area contributed by atoms with Crippen molar-refractivity contribution in [1.82, 2.24) is 9.80 Å². The van der Waals surface area contributed by atoms with E-state index in [0.717, 1.165) is 51.1 Å². The molecule has 25 heavy (non-hydrogen) atoms. The predicted octanol–water partition coefficient (Wildman–Crippen LogP) is 3.17. The monoisotopic (exact) mass is 337 g/mol. The van der Waals surface area contributed by atoms with Gasteiger partial charge in [-0.3, -0.25) is 9.69 Å². The Balaban J connectivity index is 1.44. The molecule has 2 saturated heterocycles. The number of carbonyl (C=O) groups excluding carboxylic acids is 1.